The van der Waals surface area contributed by atoms with Crippen molar-refractivity contribution in [1.82, 2.24) is 4.31 Å². The fourth-order valence-corrected chi connectivity index (χ4v) is 4.55. The number of nitrogens with zero attached hydrogens (tertiary/aromatic N) is 2. The van der Waals surface area contributed by atoms with E-state index < -0.39 is 16.0 Å². The summed E-state index contributed by atoms with van der Waals surface area (Å²) >= 11 is 0. The maximum absolute atomic E-state index is 13.1. The third-order valence-electron chi connectivity index (χ3n) is 4.32. The van der Waals surface area contributed by atoms with Gasteiger partial charge in [0.1, 0.15) is 6.54 Å². The molecule has 0 aromatic heterocycles. The van der Waals surface area contributed by atoms with Crippen molar-refractivity contribution in [3.63, 3.8) is 0 Å². The van der Waals surface area contributed by atoms with Gasteiger partial charge in [0.15, 0.2) is 0 Å². The average molecular weight is 398 g/mol. The van der Waals surface area contributed by atoms with Crippen LogP contribution >= 0.6 is 0 Å². The minimum Gasteiger partial charge on any atom is -0.465 e. The third-order valence-corrected chi connectivity index (χ3v) is 6.32. The highest BCUT2D eigenvalue weighted by Crippen LogP contribution is 2.27. The van der Waals surface area contributed by atoms with Crippen LogP contribution in [0.15, 0.2) is 23.1 Å². The first-order valence-corrected chi connectivity index (χ1v) is 10.3. The molecule has 0 N–H and O–H groups in total. The van der Waals surface area contributed by atoms with E-state index >= 15 is 0 Å². The van der Waals surface area contributed by atoms with E-state index in [0.717, 1.165) is 10.7 Å². The smallest absolute Gasteiger partial charge is 0.321 e. The monoisotopic (exact) mass is 398 g/mol. The second-order valence-electron chi connectivity index (χ2n) is 6.24. The minimum atomic E-state index is -3.92. The highest BCUT2D eigenvalue weighted by Gasteiger charge is 2.29. The Morgan fingerprint density at radius 2 is 2.07 bits per heavy atom. The number of aryl methyl sites for hydroxylation is 1. The predicted molar refractivity (Wildman–Crippen MR) is 100 cm³/mol. The SMILES string of the molecule is CCOC(=O)CN(CCOC)S(=O)(=O)c1ccc(N2CCCC2=O)cc1C. The number of carbonyl (C=O) groups excluding carboxylic acids is 2. The van der Waals surface area contributed by atoms with Crippen molar-refractivity contribution in [2.24, 2.45) is 0 Å². The van der Waals surface area contributed by atoms with Crippen LogP contribution in [-0.4, -0.2) is 64.6 Å². The van der Waals surface area contributed by atoms with Gasteiger partial charge in [0.05, 0.1) is 18.1 Å². The Balaban J connectivity index is 2.30. The number of ether oxygens (including phenoxy) is 2. The zero-order valence-corrected chi connectivity index (χ0v) is 16.8. The van der Waals surface area contributed by atoms with Gasteiger partial charge in [-0.05, 0) is 44.0 Å². The Hall–Kier alpha value is -1.97. The number of rotatable bonds is 9. The molecule has 1 saturated heterocycles. The molecular formula is C18H26N2O6S. The summed E-state index contributed by atoms with van der Waals surface area (Å²) in [4.78, 5) is 25.5. The van der Waals surface area contributed by atoms with Gasteiger partial charge in [-0.25, -0.2) is 8.42 Å². The fourth-order valence-electron chi connectivity index (χ4n) is 2.98. The molecule has 0 radical (unpaired) electrons. The van der Waals surface area contributed by atoms with Crippen LogP contribution in [0.5, 0.6) is 0 Å². The van der Waals surface area contributed by atoms with Crippen molar-refractivity contribution in [2.75, 3.05) is 44.9 Å². The Morgan fingerprint density at radius 3 is 2.63 bits per heavy atom. The summed E-state index contributed by atoms with van der Waals surface area (Å²) in [6.07, 6.45) is 1.30. The summed E-state index contributed by atoms with van der Waals surface area (Å²) < 4.78 is 37.1. The molecule has 150 valence electrons. The normalized spacial score (nSPS) is 14.8. The number of amides is 1. The number of sulfonamides is 1. The van der Waals surface area contributed by atoms with Gasteiger partial charge in [-0.1, -0.05) is 0 Å². The van der Waals surface area contributed by atoms with Crippen LogP contribution in [0.1, 0.15) is 25.3 Å². The summed E-state index contributed by atoms with van der Waals surface area (Å²) in [5.74, 6) is -0.580. The predicted octanol–water partition coefficient (Wildman–Crippen LogP) is 1.32. The van der Waals surface area contributed by atoms with E-state index in [-0.39, 0.29) is 37.1 Å². The van der Waals surface area contributed by atoms with Gasteiger partial charge < -0.3 is 14.4 Å². The standard InChI is InChI=1S/C18H26N2O6S/c1-4-26-18(22)13-19(10-11-25-3)27(23,24)16-8-7-15(12-14(16)2)20-9-5-6-17(20)21/h7-8,12H,4-6,9-11,13H2,1-3H3. The summed E-state index contributed by atoms with van der Waals surface area (Å²) in [6, 6.07) is 4.80. The number of hydrogen-bond acceptors (Lipinski definition) is 6. The minimum absolute atomic E-state index is 0.0312. The third kappa shape index (κ3) is 5.06. The first kappa shape index (κ1) is 21.3. The largest absolute Gasteiger partial charge is 0.465 e. The van der Waals surface area contributed by atoms with Gasteiger partial charge in [0.25, 0.3) is 0 Å². The Morgan fingerprint density at radius 1 is 1.33 bits per heavy atom. The van der Waals surface area contributed by atoms with Crippen molar-refractivity contribution in [2.45, 2.75) is 31.6 Å². The molecule has 0 atom stereocenters. The average Bonchev–Trinajstić information content (AvgIpc) is 3.04. The number of carbonyl (C=O) groups is 2. The summed E-state index contributed by atoms with van der Waals surface area (Å²) in [5.41, 5.74) is 1.20. The number of anilines is 1. The Bertz CT molecular complexity index is 793. The fraction of sp³-hybridized carbons (Fsp3) is 0.556. The van der Waals surface area contributed by atoms with Crippen LogP contribution in [0.4, 0.5) is 5.69 Å². The first-order valence-electron chi connectivity index (χ1n) is 8.87. The quantitative estimate of drug-likeness (QED) is 0.583. The van der Waals surface area contributed by atoms with Crippen molar-refractivity contribution in [1.29, 1.82) is 0 Å². The van der Waals surface area contributed by atoms with Gasteiger partial charge in [-0.2, -0.15) is 4.31 Å². The van der Waals surface area contributed by atoms with Gasteiger partial charge >= 0.3 is 5.97 Å². The maximum Gasteiger partial charge on any atom is 0.321 e. The maximum atomic E-state index is 13.1. The van der Waals surface area contributed by atoms with E-state index in [1.54, 1.807) is 30.9 Å². The number of hydrogen-bond donors (Lipinski definition) is 0. The lowest BCUT2D eigenvalue weighted by Gasteiger charge is -2.23. The van der Waals surface area contributed by atoms with E-state index in [0.29, 0.717) is 24.2 Å². The molecule has 0 aliphatic carbocycles. The molecule has 1 fully saturated rings. The van der Waals surface area contributed by atoms with Crippen molar-refractivity contribution in [3.8, 4) is 0 Å². The lowest BCUT2D eigenvalue weighted by atomic mass is 10.2. The lowest BCUT2D eigenvalue weighted by Crippen LogP contribution is -2.39. The number of esters is 1. The van der Waals surface area contributed by atoms with Gasteiger partial charge in [0.2, 0.25) is 15.9 Å². The zero-order valence-electron chi connectivity index (χ0n) is 15.9. The van der Waals surface area contributed by atoms with Gasteiger partial charge in [-0.15, -0.1) is 0 Å². The highest BCUT2D eigenvalue weighted by atomic mass is 32.2. The van der Waals surface area contributed by atoms with E-state index in [4.69, 9.17) is 9.47 Å². The molecule has 2 rings (SSSR count). The van der Waals surface area contributed by atoms with Crippen LogP contribution in [0.3, 0.4) is 0 Å². The molecule has 0 saturated carbocycles. The van der Waals surface area contributed by atoms with Crippen molar-refractivity contribution < 1.29 is 27.5 Å². The molecule has 0 bridgehead atoms. The highest BCUT2D eigenvalue weighted by molar-refractivity contribution is 7.89. The number of methoxy groups -OCH3 is 1. The molecule has 1 aromatic carbocycles. The molecule has 8 nitrogen and oxygen atoms in total. The van der Waals surface area contributed by atoms with Crippen molar-refractivity contribution in [3.05, 3.63) is 23.8 Å². The van der Waals surface area contributed by atoms with Crippen LogP contribution < -0.4 is 4.90 Å². The van der Waals surface area contributed by atoms with Crippen LogP contribution in [0, 0.1) is 6.92 Å². The second-order valence-corrected chi connectivity index (χ2v) is 8.14. The molecule has 1 aromatic rings. The van der Waals surface area contributed by atoms with Crippen molar-refractivity contribution >= 4 is 27.6 Å². The van der Waals surface area contributed by atoms with Crippen LogP contribution in [-0.2, 0) is 29.1 Å². The zero-order chi connectivity index (χ0) is 20.0. The molecule has 1 amide bonds. The van der Waals surface area contributed by atoms with Crippen LogP contribution in [0.2, 0.25) is 0 Å². The van der Waals surface area contributed by atoms with Gasteiger partial charge in [0, 0.05) is 32.3 Å². The van der Waals surface area contributed by atoms with E-state index in [9.17, 15) is 18.0 Å². The molecule has 0 spiro atoms. The molecule has 1 aliphatic rings. The van der Waals surface area contributed by atoms with E-state index in [2.05, 4.69) is 0 Å². The van der Waals surface area contributed by atoms with Crippen LogP contribution in [0.25, 0.3) is 0 Å². The molecule has 0 unspecified atom stereocenters. The summed E-state index contributed by atoms with van der Waals surface area (Å²) in [5, 5.41) is 0. The molecule has 27 heavy (non-hydrogen) atoms. The Kier molecular flexibility index (Phi) is 7.34. The first-order chi connectivity index (χ1) is 12.8. The topological polar surface area (TPSA) is 93.2 Å². The molecule has 1 aliphatic heterocycles. The Labute approximate surface area is 160 Å². The second kappa shape index (κ2) is 9.29. The molecule has 9 heteroatoms. The summed E-state index contributed by atoms with van der Waals surface area (Å²) in [6.45, 7) is 3.94. The molecular weight excluding hydrogens is 372 g/mol. The number of benzene rings is 1. The van der Waals surface area contributed by atoms with E-state index in [1.807, 2.05) is 0 Å². The molecule has 1 heterocycles. The lowest BCUT2D eigenvalue weighted by molar-refractivity contribution is -0.143. The van der Waals surface area contributed by atoms with Gasteiger partial charge in [-0.3, -0.25) is 9.59 Å². The summed E-state index contributed by atoms with van der Waals surface area (Å²) in [7, 11) is -2.46. The van der Waals surface area contributed by atoms with E-state index in [1.165, 1.54) is 13.2 Å².